The Morgan fingerprint density at radius 3 is 1.55 bits per heavy atom. The van der Waals surface area contributed by atoms with Crippen molar-refractivity contribution < 1.29 is 18.9 Å². The fraction of sp³-hybridized carbons (Fsp3) is 0.725. The molecule has 2 heterocycles. The summed E-state index contributed by atoms with van der Waals surface area (Å²) in [6.45, 7) is 35.7. The van der Waals surface area contributed by atoms with Gasteiger partial charge < -0.3 is 18.9 Å². The Labute approximate surface area is 339 Å². The fourth-order valence-electron chi connectivity index (χ4n) is 8.83. The first-order valence-corrected chi connectivity index (χ1v) is 22.2. The lowest BCUT2D eigenvalue weighted by Crippen LogP contribution is -2.37. The molecule has 1 unspecified atom stereocenters. The minimum atomic E-state index is -0.0665. The molecular formula is C51H84O4. The van der Waals surface area contributed by atoms with Gasteiger partial charge in [-0.1, -0.05) is 77.9 Å². The van der Waals surface area contributed by atoms with E-state index < -0.39 is 0 Å². The second-order valence-corrected chi connectivity index (χ2v) is 19.3. The van der Waals surface area contributed by atoms with Crippen molar-refractivity contribution in [2.24, 2.45) is 17.8 Å². The van der Waals surface area contributed by atoms with Crippen LogP contribution in [0.2, 0.25) is 0 Å². The highest BCUT2D eigenvalue weighted by Gasteiger charge is 2.36. The summed E-state index contributed by atoms with van der Waals surface area (Å²) < 4.78 is 25.1. The molecule has 2 aromatic carbocycles. The third-order valence-corrected chi connectivity index (χ3v) is 12.9. The van der Waals surface area contributed by atoms with E-state index in [-0.39, 0.29) is 17.3 Å². The number of hydrogen-bond acceptors (Lipinski definition) is 4. The van der Waals surface area contributed by atoms with Crippen LogP contribution >= 0.6 is 0 Å². The van der Waals surface area contributed by atoms with Crippen LogP contribution in [0.15, 0.2) is 11.6 Å². The Bertz CT molecular complexity index is 1580. The lowest BCUT2D eigenvalue weighted by Gasteiger charge is -2.39. The van der Waals surface area contributed by atoms with E-state index in [2.05, 4.69) is 117 Å². The number of methoxy groups -OCH3 is 1. The van der Waals surface area contributed by atoms with Crippen molar-refractivity contribution in [1.82, 2.24) is 0 Å². The van der Waals surface area contributed by atoms with Gasteiger partial charge in [0.2, 0.25) is 0 Å². The Kier molecular flexibility index (Phi) is 17.6. The van der Waals surface area contributed by atoms with Gasteiger partial charge in [-0.2, -0.15) is 0 Å². The Hall–Kier alpha value is -2.62. The zero-order valence-corrected chi connectivity index (χ0v) is 38.9. The van der Waals surface area contributed by atoms with Crippen molar-refractivity contribution in [3.05, 3.63) is 56.2 Å². The molecule has 0 aliphatic carbocycles. The molecule has 4 atom stereocenters. The molecular weight excluding hydrogens is 677 g/mol. The Morgan fingerprint density at radius 1 is 0.618 bits per heavy atom. The second kappa shape index (κ2) is 20.7. The summed E-state index contributed by atoms with van der Waals surface area (Å²) in [7, 11) is 1.78. The van der Waals surface area contributed by atoms with Crippen LogP contribution in [0.3, 0.4) is 0 Å². The predicted molar refractivity (Wildman–Crippen MR) is 237 cm³/mol. The molecule has 312 valence electrons. The van der Waals surface area contributed by atoms with Gasteiger partial charge in [0.15, 0.2) is 0 Å². The van der Waals surface area contributed by atoms with Crippen molar-refractivity contribution in [2.75, 3.05) is 7.11 Å². The maximum Gasteiger partial charge on any atom is 0.127 e. The summed E-state index contributed by atoms with van der Waals surface area (Å²) >= 11 is 0. The first kappa shape index (κ1) is 46.8. The van der Waals surface area contributed by atoms with Gasteiger partial charge in [0, 0.05) is 11.1 Å². The van der Waals surface area contributed by atoms with Crippen molar-refractivity contribution >= 4 is 0 Å². The monoisotopic (exact) mass is 761 g/mol. The third-order valence-electron chi connectivity index (χ3n) is 12.9. The molecule has 0 fully saturated rings. The number of rotatable bonds is 17. The van der Waals surface area contributed by atoms with Gasteiger partial charge in [0.25, 0.3) is 0 Å². The maximum atomic E-state index is 6.71. The first-order chi connectivity index (χ1) is 25.7. The zero-order chi connectivity index (χ0) is 41.2. The molecule has 4 heteroatoms. The first-order valence-electron chi connectivity index (χ1n) is 22.2. The van der Waals surface area contributed by atoms with E-state index in [1.165, 1.54) is 95.0 Å². The molecule has 2 aliphatic rings. The maximum absolute atomic E-state index is 6.71. The summed E-state index contributed by atoms with van der Waals surface area (Å²) in [6, 6.07) is 0. The lowest BCUT2D eigenvalue weighted by atomic mass is 9.83. The molecule has 4 rings (SSSR count). The normalized spacial score (nSPS) is 20.1. The molecule has 0 radical (unpaired) electrons. The molecule has 0 spiro atoms. The molecule has 0 saturated heterocycles. The summed E-state index contributed by atoms with van der Waals surface area (Å²) in [4.78, 5) is 0. The number of allylic oxidation sites excluding steroid dienone is 2. The van der Waals surface area contributed by atoms with Gasteiger partial charge in [0.1, 0.15) is 34.2 Å². The number of fused-ring (bicyclic) bond motifs is 2. The summed E-state index contributed by atoms with van der Waals surface area (Å²) in [5, 5.41) is 0. The van der Waals surface area contributed by atoms with Crippen molar-refractivity contribution in [1.29, 1.82) is 0 Å². The van der Waals surface area contributed by atoms with E-state index in [1.807, 2.05) is 0 Å². The highest BCUT2D eigenvalue weighted by atomic mass is 16.5. The Balaban J connectivity index is 0.000000305. The van der Waals surface area contributed by atoms with Gasteiger partial charge >= 0.3 is 0 Å². The zero-order valence-electron chi connectivity index (χ0n) is 38.9. The smallest absolute Gasteiger partial charge is 0.127 e. The van der Waals surface area contributed by atoms with E-state index in [9.17, 15) is 0 Å². The standard InChI is InChI=1S/C29H50O2.C22H34O2/c1-20(2)12-10-13-21(3)14-11-15-22(4)16-18-29(8)19-17-26-25(7)27(30-9)23(5)24(6)28(26)31-29;1-14(2)10-9-12-22(8)13-11-19-18(7)20(23-15(3)4)16(5)17(6)21(19)24-22/h20-22H,10-19H2,1-9H3;10,15H,9,11-13H2,1-8H3/t21-,22-,29-;/m1./s1. The number of ether oxygens (including phenoxy) is 4. The van der Waals surface area contributed by atoms with Crippen LogP contribution in [0.4, 0.5) is 0 Å². The molecule has 0 aromatic heterocycles. The second-order valence-electron chi connectivity index (χ2n) is 19.3. The van der Waals surface area contributed by atoms with Crippen LogP contribution < -0.4 is 18.9 Å². The predicted octanol–water partition coefficient (Wildman–Crippen LogP) is 15.0. The number of benzene rings is 2. The summed E-state index contributed by atoms with van der Waals surface area (Å²) in [6.07, 6.45) is 19.7. The average Bonchev–Trinajstić information content (AvgIpc) is 3.10. The summed E-state index contributed by atoms with van der Waals surface area (Å²) in [5.74, 6) is 6.84. The molecule has 0 bridgehead atoms. The van der Waals surface area contributed by atoms with Crippen molar-refractivity contribution in [3.8, 4) is 23.0 Å². The lowest BCUT2D eigenvalue weighted by molar-refractivity contribution is 0.0484. The van der Waals surface area contributed by atoms with Gasteiger partial charge in [-0.05, 0) is 186 Å². The average molecular weight is 761 g/mol. The van der Waals surface area contributed by atoms with E-state index in [0.29, 0.717) is 0 Å². The fourth-order valence-corrected chi connectivity index (χ4v) is 8.83. The molecule has 0 saturated carbocycles. The van der Waals surface area contributed by atoms with Crippen LogP contribution in [0.5, 0.6) is 23.0 Å². The minimum Gasteiger partial charge on any atom is -0.496 e. The molecule has 0 amide bonds. The van der Waals surface area contributed by atoms with Gasteiger partial charge in [0.05, 0.1) is 13.2 Å². The van der Waals surface area contributed by atoms with Gasteiger partial charge in [-0.15, -0.1) is 0 Å². The molecule has 2 aliphatic heterocycles. The topological polar surface area (TPSA) is 36.9 Å². The van der Waals surface area contributed by atoms with Crippen LogP contribution in [0, 0.1) is 59.3 Å². The SMILES string of the molecule is CC(C)=CCCC1(C)CCc2c(C)c(OC(C)C)c(C)c(C)c2O1.COc1c(C)c(C)c2c(c1C)CC[C@@](C)(CC[C@H](C)CCC[C@H](C)CCCC(C)C)O2. The number of hydrogen-bond donors (Lipinski definition) is 0. The van der Waals surface area contributed by atoms with Crippen LogP contribution in [0.1, 0.15) is 191 Å². The van der Waals surface area contributed by atoms with Gasteiger partial charge in [-0.25, -0.2) is 0 Å². The minimum absolute atomic E-state index is 0.0381. The largest absolute Gasteiger partial charge is 0.496 e. The quantitative estimate of drug-likeness (QED) is 0.151. The van der Waals surface area contributed by atoms with E-state index >= 15 is 0 Å². The van der Waals surface area contributed by atoms with E-state index in [4.69, 9.17) is 18.9 Å². The Morgan fingerprint density at radius 2 is 1.07 bits per heavy atom. The van der Waals surface area contributed by atoms with Gasteiger partial charge in [-0.3, -0.25) is 0 Å². The molecule has 4 nitrogen and oxygen atoms in total. The van der Waals surface area contributed by atoms with E-state index in [0.717, 1.165) is 85.7 Å². The van der Waals surface area contributed by atoms with Crippen LogP contribution in [-0.4, -0.2) is 24.4 Å². The van der Waals surface area contributed by atoms with Crippen LogP contribution in [0.25, 0.3) is 0 Å². The highest BCUT2D eigenvalue weighted by molar-refractivity contribution is 5.60. The van der Waals surface area contributed by atoms with Crippen molar-refractivity contribution in [3.63, 3.8) is 0 Å². The van der Waals surface area contributed by atoms with Crippen molar-refractivity contribution in [2.45, 2.75) is 218 Å². The van der Waals surface area contributed by atoms with Crippen LogP contribution in [-0.2, 0) is 12.8 Å². The molecule has 0 N–H and O–H groups in total. The molecule has 55 heavy (non-hydrogen) atoms. The third kappa shape index (κ3) is 12.9. The summed E-state index contributed by atoms with van der Waals surface area (Å²) in [5.41, 5.74) is 11.4. The highest BCUT2D eigenvalue weighted by Crippen LogP contribution is 2.46. The van der Waals surface area contributed by atoms with E-state index in [1.54, 1.807) is 7.11 Å². The molecule has 2 aromatic rings.